The van der Waals surface area contributed by atoms with Gasteiger partial charge in [-0.1, -0.05) is 57.5 Å². The average Bonchev–Trinajstić information content (AvgIpc) is 2.54. The Kier molecular flexibility index (Phi) is 5.65. The Morgan fingerprint density at radius 2 is 1.88 bits per heavy atom. The van der Waals surface area contributed by atoms with Gasteiger partial charge in [-0.15, -0.1) is 0 Å². The summed E-state index contributed by atoms with van der Waals surface area (Å²) in [7, 11) is 0. The molecule has 1 amide bonds. The Labute approximate surface area is 143 Å². The quantitative estimate of drug-likeness (QED) is 0.639. The van der Waals surface area contributed by atoms with Gasteiger partial charge in [-0.05, 0) is 30.6 Å². The van der Waals surface area contributed by atoms with Crippen LogP contribution in [0.5, 0.6) is 0 Å². The molecule has 3 N–H and O–H groups in total. The number of carbonyl (C=O) groups is 2. The number of carbonyl (C=O) groups excluding carboxylic acids is 2. The second kappa shape index (κ2) is 7.34. The molecule has 2 rings (SSSR count). The summed E-state index contributed by atoms with van der Waals surface area (Å²) in [5.41, 5.74) is 3.02. The third kappa shape index (κ3) is 3.61. The Bertz CT molecular complexity index is 586. The molecule has 0 radical (unpaired) electrons. The molecule has 5 nitrogen and oxygen atoms in total. The van der Waals surface area contributed by atoms with Gasteiger partial charge in [-0.2, -0.15) is 0 Å². The number of rotatable bonds is 5. The topological polar surface area (TPSA) is 89.6 Å². The number of benzene rings is 1. The van der Waals surface area contributed by atoms with E-state index in [1.54, 1.807) is 18.2 Å². The average molecular weight is 333 g/mol. The molecular weight excluding hydrogens is 306 g/mol. The lowest BCUT2D eigenvalue weighted by molar-refractivity contribution is -0.181. The highest BCUT2D eigenvalue weighted by atomic mass is 16.6. The van der Waals surface area contributed by atoms with Crippen molar-refractivity contribution in [3.05, 3.63) is 35.9 Å². The van der Waals surface area contributed by atoms with Gasteiger partial charge >= 0.3 is 5.97 Å². The van der Waals surface area contributed by atoms with E-state index in [0.29, 0.717) is 11.8 Å². The minimum atomic E-state index is -2.45. The van der Waals surface area contributed by atoms with Crippen molar-refractivity contribution in [1.82, 2.24) is 0 Å². The Morgan fingerprint density at radius 3 is 2.42 bits per heavy atom. The first-order chi connectivity index (χ1) is 11.3. The number of hydrogen-bond donors (Lipinski definition) is 2. The molecule has 1 aromatic carbocycles. The van der Waals surface area contributed by atoms with Crippen LogP contribution in [0, 0.1) is 17.8 Å². The van der Waals surface area contributed by atoms with Gasteiger partial charge in [-0.3, -0.25) is 4.79 Å². The summed E-state index contributed by atoms with van der Waals surface area (Å²) < 4.78 is 5.63. The van der Waals surface area contributed by atoms with Crippen LogP contribution in [0.2, 0.25) is 0 Å². The molecule has 4 atom stereocenters. The molecule has 0 bridgehead atoms. The van der Waals surface area contributed by atoms with Gasteiger partial charge in [0.2, 0.25) is 0 Å². The monoisotopic (exact) mass is 333 g/mol. The lowest BCUT2D eigenvalue weighted by atomic mass is 9.75. The van der Waals surface area contributed by atoms with E-state index >= 15 is 0 Å². The molecule has 1 aromatic rings. The van der Waals surface area contributed by atoms with Gasteiger partial charge in [0.05, 0.1) is 0 Å². The standard InChI is InChI=1S/C19H27NO4/c1-12(2)15-10-9-13(3)11-16(15)24-18(22)19(23,17(20)21)14-7-5-4-6-8-14/h4-8,12-13,15-16,23H,9-11H2,1-3H3,(H2,20,21)/t13-,15+,16-,19+/m1/s1. The molecule has 1 aliphatic rings. The third-order valence-corrected chi connectivity index (χ3v) is 5.06. The van der Waals surface area contributed by atoms with E-state index in [0.717, 1.165) is 19.3 Å². The van der Waals surface area contributed by atoms with Gasteiger partial charge in [-0.25, -0.2) is 4.79 Å². The second-order valence-corrected chi connectivity index (χ2v) is 7.21. The Balaban J connectivity index is 2.26. The summed E-state index contributed by atoms with van der Waals surface area (Å²) in [5.74, 6) is -1.09. The maximum Gasteiger partial charge on any atom is 0.353 e. The Hall–Kier alpha value is -1.88. The van der Waals surface area contributed by atoms with Crippen LogP contribution >= 0.6 is 0 Å². The van der Waals surface area contributed by atoms with Crippen molar-refractivity contribution in [2.45, 2.75) is 51.7 Å². The fraction of sp³-hybridized carbons (Fsp3) is 0.579. The van der Waals surface area contributed by atoms with Crippen molar-refractivity contribution in [1.29, 1.82) is 0 Å². The largest absolute Gasteiger partial charge is 0.459 e. The van der Waals surface area contributed by atoms with Crippen molar-refractivity contribution in [3.63, 3.8) is 0 Å². The van der Waals surface area contributed by atoms with Crippen molar-refractivity contribution in [3.8, 4) is 0 Å². The number of primary amides is 1. The van der Waals surface area contributed by atoms with Crippen LogP contribution in [0.4, 0.5) is 0 Å². The summed E-state index contributed by atoms with van der Waals surface area (Å²) in [6.07, 6.45) is 2.49. The number of esters is 1. The number of hydrogen-bond acceptors (Lipinski definition) is 4. The number of amides is 1. The fourth-order valence-corrected chi connectivity index (χ4v) is 3.51. The zero-order valence-electron chi connectivity index (χ0n) is 14.6. The van der Waals surface area contributed by atoms with E-state index in [9.17, 15) is 14.7 Å². The van der Waals surface area contributed by atoms with Gasteiger partial charge in [0.25, 0.3) is 11.5 Å². The van der Waals surface area contributed by atoms with E-state index in [1.165, 1.54) is 12.1 Å². The first kappa shape index (κ1) is 18.5. The van der Waals surface area contributed by atoms with Gasteiger partial charge in [0.15, 0.2) is 0 Å². The third-order valence-electron chi connectivity index (χ3n) is 5.06. The van der Waals surface area contributed by atoms with Crippen LogP contribution in [-0.4, -0.2) is 23.1 Å². The summed E-state index contributed by atoms with van der Waals surface area (Å²) in [4.78, 5) is 24.5. The minimum Gasteiger partial charge on any atom is -0.459 e. The van der Waals surface area contributed by atoms with Gasteiger partial charge < -0.3 is 15.6 Å². The highest BCUT2D eigenvalue weighted by molar-refractivity contribution is 6.05. The first-order valence-corrected chi connectivity index (χ1v) is 8.55. The van der Waals surface area contributed by atoms with Gasteiger partial charge in [0.1, 0.15) is 6.10 Å². The highest BCUT2D eigenvalue weighted by Gasteiger charge is 2.48. The van der Waals surface area contributed by atoms with Crippen LogP contribution in [0.3, 0.4) is 0 Å². The molecule has 1 saturated carbocycles. The smallest absolute Gasteiger partial charge is 0.353 e. The SMILES string of the molecule is CC(C)[C@@H]1CC[C@@H](C)C[C@H]1OC(=O)[C@@](O)(C(N)=O)c1ccccc1. The van der Waals surface area contributed by atoms with Crippen molar-refractivity contribution in [2.75, 3.05) is 0 Å². The predicted molar refractivity (Wildman–Crippen MR) is 90.8 cm³/mol. The summed E-state index contributed by atoms with van der Waals surface area (Å²) in [6, 6.07) is 7.99. The van der Waals surface area contributed by atoms with Crippen molar-refractivity contribution >= 4 is 11.9 Å². The summed E-state index contributed by atoms with van der Waals surface area (Å²) in [5, 5.41) is 10.7. The molecule has 0 aliphatic heterocycles. The van der Waals surface area contributed by atoms with E-state index in [2.05, 4.69) is 20.8 Å². The molecule has 1 fully saturated rings. The summed E-state index contributed by atoms with van der Waals surface area (Å²) in [6.45, 7) is 6.31. The normalized spacial score (nSPS) is 26.6. The van der Waals surface area contributed by atoms with Crippen LogP contribution in [0.25, 0.3) is 0 Å². The van der Waals surface area contributed by atoms with Crippen LogP contribution in [0.15, 0.2) is 30.3 Å². The van der Waals surface area contributed by atoms with Crippen LogP contribution in [-0.2, 0) is 19.9 Å². The fourth-order valence-electron chi connectivity index (χ4n) is 3.51. The number of ether oxygens (including phenoxy) is 1. The molecular formula is C19H27NO4. The molecule has 0 aromatic heterocycles. The van der Waals surface area contributed by atoms with E-state index in [1.807, 2.05) is 0 Å². The summed E-state index contributed by atoms with van der Waals surface area (Å²) >= 11 is 0. The zero-order valence-corrected chi connectivity index (χ0v) is 14.6. The maximum absolute atomic E-state index is 12.7. The molecule has 0 heterocycles. The lowest BCUT2D eigenvalue weighted by Crippen LogP contribution is -2.51. The number of nitrogens with two attached hydrogens (primary N) is 1. The van der Waals surface area contributed by atoms with E-state index in [4.69, 9.17) is 10.5 Å². The first-order valence-electron chi connectivity index (χ1n) is 8.55. The van der Waals surface area contributed by atoms with E-state index < -0.39 is 17.5 Å². The minimum absolute atomic E-state index is 0.132. The predicted octanol–water partition coefficient (Wildman–Crippen LogP) is 2.36. The molecule has 1 aliphatic carbocycles. The second-order valence-electron chi connectivity index (χ2n) is 7.21. The molecule has 5 heteroatoms. The van der Waals surface area contributed by atoms with E-state index in [-0.39, 0.29) is 17.6 Å². The Morgan fingerprint density at radius 1 is 1.25 bits per heavy atom. The molecule has 132 valence electrons. The molecule has 24 heavy (non-hydrogen) atoms. The highest BCUT2D eigenvalue weighted by Crippen LogP contribution is 2.36. The van der Waals surface area contributed by atoms with Crippen LogP contribution < -0.4 is 5.73 Å². The van der Waals surface area contributed by atoms with Crippen molar-refractivity contribution < 1.29 is 19.4 Å². The van der Waals surface area contributed by atoms with Crippen molar-refractivity contribution in [2.24, 2.45) is 23.5 Å². The van der Waals surface area contributed by atoms with Gasteiger partial charge in [0, 0.05) is 5.56 Å². The zero-order chi connectivity index (χ0) is 17.9. The molecule has 0 spiro atoms. The lowest BCUT2D eigenvalue weighted by Gasteiger charge is -2.38. The maximum atomic E-state index is 12.7. The number of aliphatic hydroxyl groups is 1. The van der Waals surface area contributed by atoms with Crippen LogP contribution in [0.1, 0.15) is 45.6 Å². The molecule has 0 unspecified atom stereocenters. The molecule has 0 saturated heterocycles.